The molecule has 6 rings (SSSR count). The monoisotopic (exact) mass is 591 g/mol. The van der Waals surface area contributed by atoms with Crippen LogP contribution in [0.4, 0.5) is 16.5 Å². The Bertz CT molecular complexity index is 1490. The van der Waals surface area contributed by atoms with Crippen LogP contribution in [0.2, 0.25) is 0 Å². The van der Waals surface area contributed by atoms with Crippen molar-refractivity contribution in [1.29, 1.82) is 0 Å². The molecule has 1 aliphatic heterocycles. The largest absolute Gasteiger partial charge is 0.506 e. The van der Waals surface area contributed by atoms with E-state index in [0.29, 0.717) is 33.6 Å². The van der Waals surface area contributed by atoms with Crippen molar-refractivity contribution in [3.05, 3.63) is 35.4 Å². The normalized spacial score (nSPS) is 20.7. The molecule has 10 heteroatoms. The topological polar surface area (TPSA) is 127 Å². The van der Waals surface area contributed by atoms with Gasteiger partial charge < -0.3 is 31.1 Å². The Labute approximate surface area is 250 Å². The van der Waals surface area contributed by atoms with Gasteiger partial charge in [-0.05, 0) is 61.8 Å². The SMILES string of the molecule is CC(C)(C)C(=O)NCc1ccc(O)c(Nc2nc3cc(C(=O)NC4CCCCC4)c(N4CC5CCC5C4)cc3s2)c1O. The summed E-state index contributed by atoms with van der Waals surface area (Å²) in [7, 11) is 0. The number of anilines is 3. The highest BCUT2D eigenvalue weighted by Crippen LogP contribution is 2.45. The Morgan fingerprint density at radius 1 is 1.02 bits per heavy atom. The van der Waals surface area contributed by atoms with E-state index in [4.69, 9.17) is 4.98 Å². The molecule has 1 aromatic heterocycles. The summed E-state index contributed by atoms with van der Waals surface area (Å²) >= 11 is 1.41. The van der Waals surface area contributed by atoms with Crippen molar-refractivity contribution in [3.63, 3.8) is 0 Å². The van der Waals surface area contributed by atoms with Gasteiger partial charge in [-0.2, -0.15) is 0 Å². The van der Waals surface area contributed by atoms with E-state index in [0.717, 1.165) is 49.2 Å². The molecular weight excluding hydrogens is 550 g/mol. The Balaban J connectivity index is 1.28. The molecule has 2 atom stereocenters. The molecule has 5 N–H and O–H groups in total. The van der Waals surface area contributed by atoms with E-state index in [-0.39, 0.29) is 41.6 Å². The lowest BCUT2D eigenvalue weighted by Crippen LogP contribution is -2.37. The molecule has 9 nitrogen and oxygen atoms in total. The Hall–Kier alpha value is -3.53. The number of benzene rings is 2. The first kappa shape index (κ1) is 28.6. The minimum absolute atomic E-state index is 0.0409. The highest BCUT2D eigenvalue weighted by molar-refractivity contribution is 7.22. The van der Waals surface area contributed by atoms with E-state index in [9.17, 15) is 19.8 Å². The highest BCUT2D eigenvalue weighted by atomic mass is 32.1. The molecule has 3 fully saturated rings. The average Bonchev–Trinajstić information content (AvgIpc) is 3.48. The predicted octanol–water partition coefficient (Wildman–Crippen LogP) is 6.02. The smallest absolute Gasteiger partial charge is 0.253 e. The van der Waals surface area contributed by atoms with Crippen molar-refractivity contribution in [2.75, 3.05) is 23.3 Å². The summed E-state index contributed by atoms with van der Waals surface area (Å²) in [5, 5.41) is 31.3. The van der Waals surface area contributed by atoms with Crippen molar-refractivity contribution in [3.8, 4) is 11.5 Å². The number of carbonyl (C=O) groups is 2. The van der Waals surface area contributed by atoms with Crippen LogP contribution in [-0.2, 0) is 11.3 Å². The van der Waals surface area contributed by atoms with Crippen LogP contribution in [0.3, 0.4) is 0 Å². The first-order chi connectivity index (χ1) is 20.1. The number of hydrogen-bond acceptors (Lipinski definition) is 8. The Morgan fingerprint density at radius 2 is 1.74 bits per heavy atom. The number of phenols is 2. The minimum Gasteiger partial charge on any atom is -0.506 e. The second-order valence-corrected chi connectivity index (χ2v) is 14.2. The maximum atomic E-state index is 13.6. The van der Waals surface area contributed by atoms with E-state index in [1.807, 2.05) is 26.8 Å². The lowest BCUT2D eigenvalue weighted by atomic mass is 9.77. The number of rotatable bonds is 7. The van der Waals surface area contributed by atoms with Crippen LogP contribution in [0.25, 0.3) is 10.2 Å². The molecule has 2 amide bonds. The van der Waals surface area contributed by atoms with Crippen molar-refractivity contribution >= 4 is 49.9 Å². The van der Waals surface area contributed by atoms with Gasteiger partial charge >= 0.3 is 0 Å². The molecule has 1 saturated heterocycles. The third-order valence-corrected chi connectivity index (χ3v) is 10.0. The van der Waals surface area contributed by atoms with Crippen molar-refractivity contribution in [2.24, 2.45) is 17.3 Å². The van der Waals surface area contributed by atoms with Gasteiger partial charge in [-0.15, -0.1) is 0 Å². The molecular formula is C32H41N5O4S. The number of nitrogens with zero attached hydrogens (tertiary/aromatic N) is 2. The van der Waals surface area contributed by atoms with Crippen LogP contribution >= 0.6 is 11.3 Å². The third-order valence-electron chi connectivity index (χ3n) is 9.11. The van der Waals surface area contributed by atoms with Crippen molar-refractivity contribution in [1.82, 2.24) is 15.6 Å². The van der Waals surface area contributed by atoms with Gasteiger partial charge in [0.25, 0.3) is 5.91 Å². The van der Waals surface area contributed by atoms with Gasteiger partial charge in [-0.3, -0.25) is 9.59 Å². The summed E-state index contributed by atoms with van der Waals surface area (Å²) in [4.78, 5) is 33.1. The first-order valence-corrected chi connectivity index (χ1v) is 16.0. The predicted molar refractivity (Wildman–Crippen MR) is 167 cm³/mol. The summed E-state index contributed by atoms with van der Waals surface area (Å²) in [6, 6.07) is 7.26. The van der Waals surface area contributed by atoms with Crippen molar-refractivity contribution in [2.45, 2.75) is 78.3 Å². The fourth-order valence-electron chi connectivity index (χ4n) is 6.36. The number of amides is 2. The van der Waals surface area contributed by atoms with E-state index in [1.54, 1.807) is 6.07 Å². The lowest BCUT2D eigenvalue weighted by Gasteiger charge is -2.27. The van der Waals surface area contributed by atoms with Crippen LogP contribution < -0.4 is 20.9 Å². The van der Waals surface area contributed by atoms with Gasteiger partial charge in [-0.1, -0.05) is 51.4 Å². The van der Waals surface area contributed by atoms with Gasteiger partial charge in [0.05, 0.1) is 21.5 Å². The molecule has 3 aliphatic rings. The van der Waals surface area contributed by atoms with Crippen LogP contribution in [0.5, 0.6) is 11.5 Å². The zero-order valence-corrected chi connectivity index (χ0v) is 25.4. The van der Waals surface area contributed by atoms with Crippen molar-refractivity contribution < 1.29 is 19.8 Å². The summed E-state index contributed by atoms with van der Waals surface area (Å²) in [5.41, 5.74) is 2.35. The lowest BCUT2D eigenvalue weighted by molar-refractivity contribution is -0.128. The molecule has 0 radical (unpaired) electrons. The maximum Gasteiger partial charge on any atom is 0.253 e. The quantitative estimate of drug-likeness (QED) is 0.213. The second kappa shape index (κ2) is 11.3. The zero-order chi connectivity index (χ0) is 29.6. The summed E-state index contributed by atoms with van der Waals surface area (Å²) in [5.74, 6) is 0.962. The Kier molecular flexibility index (Phi) is 7.68. The molecule has 2 saturated carbocycles. The second-order valence-electron chi connectivity index (χ2n) is 13.2. The van der Waals surface area contributed by atoms with Crippen LogP contribution in [0.1, 0.15) is 81.6 Å². The molecule has 2 aliphatic carbocycles. The summed E-state index contributed by atoms with van der Waals surface area (Å²) in [6.07, 6.45) is 8.09. The number of fused-ring (bicyclic) bond motifs is 2. The molecule has 0 bridgehead atoms. The molecule has 2 unspecified atom stereocenters. The minimum atomic E-state index is -0.561. The number of aromatic hydroxyl groups is 2. The standard InChI is InChI=1S/C32H41N5O4S/c1-32(2,3)30(41)33-15-18-11-12-25(38)27(28(18)39)36-31-35-23-13-22(29(40)34-21-7-5-4-6-8-21)24(14-26(23)42-31)37-16-19-9-10-20(19)17-37/h11-14,19-21,38-39H,4-10,15-17H2,1-3H3,(H,33,41)(H,34,40)(H,35,36). The first-order valence-electron chi connectivity index (χ1n) is 15.2. The third kappa shape index (κ3) is 5.73. The number of hydrogen-bond donors (Lipinski definition) is 5. The summed E-state index contributed by atoms with van der Waals surface area (Å²) < 4.78 is 0.925. The number of nitrogens with one attached hydrogen (secondary N) is 3. The molecule has 2 aromatic carbocycles. The van der Waals surface area contributed by atoms with Gasteiger partial charge in [0.1, 0.15) is 17.2 Å². The number of thiazole rings is 1. The van der Waals surface area contributed by atoms with Gasteiger partial charge in [0.15, 0.2) is 5.13 Å². The number of aromatic nitrogens is 1. The van der Waals surface area contributed by atoms with Crippen LogP contribution in [0, 0.1) is 17.3 Å². The van der Waals surface area contributed by atoms with Gasteiger partial charge in [0, 0.05) is 36.7 Å². The van der Waals surface area contributed by atoms with Crippen LogP contribution in [-0.4, -0.2) is 46.1 Å². The van der Waals surface area contributed by atoms with E-state index < -0.39 is 5.41 Å². The molecule has 0 spiro atoms. The van der Waals surface area contributed by atoms with Gasteiger partial charge in [0.2, 0.25) is 5.91 Å². The maximum absolute atomic E-state index is 13.6. The highest BCUT2D eigenvalue weighted by Gasteiger charge is 2.40. The number of phenolic OH excluding ortho intramolecular Hbond substituents is 2. The molecule has 2 heterocycles. The van der Waals surface area contributed by atoms with E-state index >= 15 is 0 Å². The zero-order valence-electron chi connectivity index (χ0n) is 24.6. The molecule has 3 aromatic rings. The molecule has 224 valence electrons. The fraction of sp³-hybridized carbons (Fsp3) is 0.531. The average molecular weight is 592 g/mol. The van der Waals surface area contributed by atoms with Crippen LogP contribution in [0.15, 0.2) is 24.3 Å². The van der Waals surface area contributed by atoms with Gasteiger partial charge in [-0.25, -0.2) is 4.98 Å². The van der Waals surface area contributed by atoms with E-state index in [2.05, 4.69) is 26.9 Å². The Morgan fingerprint density at radius 3 is 2.40 bits per heavy atom. The fourth-order valence-corrected chi connectivity index (χ4v) is 7.25. The molecule has 42 heavy (non-hydrogen) atoms. The van der Waals surface area contributed by atoms with E-state index in [1.165, 1.54) is 36.7 Å². The summed E-state index contributed by atoms with van der Waals surface area (Å²) in [6.45, 7) is 7.54. The number of carbonyl (C=O) groups excluding carboxylic acids is 2.